The largest absolute Gasteiger partial charge is 0.508 e. The predicted octanol–water partition coefficient (Wildman–Crippen LogP) is 4.33. The Balaban J connectivity index is 1.59. The van der Waals surface area contributed by atoms with Gasteiger partial charge in [-0.15, -0.1) is 0 Å². The third-order valence-electron chi connectivity index (χ3n) is 6.69. The van der Waals surface area contributed by atoms with Crippen LogP contribution in [0, 0.1) is 5.41 Å². The van der Waals surface area contributed by atoms with E-state index in [1.807, 2.05) is 25.1 Å². The van der Waals surface area contributed by atoms with Gasteiger partial charge in [0.2, 0.25) is 5.91 Å². The van der Waals surface area contributed by atoms with Crippen LogP contribution < -0.4 is 5.32 Å². The summed E-state index contributed by atoms with van der Waals surface area (Å²) < 4.78 is 0. The van der Waals surface area contributed by atoms with E-state index in [2.05, 4.69) is 34.6 Å². The summed E-state index contributed by atoms with van der Waals surface area (Å²) in [5, 5.41) is 21.5. The molecule has 2 aromatic carbocycles. The fourth-order valence-electron chi connectivity index (χ4n) is 4.62. The number of rotatable bonds is 4. The van der Waals surface area contributed by atoms with E-state index in [0.29, 0.717) is 11.6 Å². The molecule has 2 fully saturated rings. The molecular weight excluding hydrogens is 400 g/mol. The van der Waals surface area contributed by atoms with E-state index in [1.165, 1.54) is 23.3 Å². The Morgan fingerprint density at radius 2 is 1.81 bits per heavy atom. The van der Waals surface area contributed by atoms with Crippen molar-refractivity contribution in [2.45, 2.75) is 37.1 Å². The topological polar surface area (TPSA) is 89.3 Å². The third kappa shape index (κ3) is 3.42. The summed E-state index contributed by atoms with van der Waals surface area (Å²) in [6, 6.07) is 19.1. The summed E-state index contributed by atoms with van der Waals surface area (Å²) >= 11 is 0. The summed E-state index contributed by atoms with van der Waals surface area (Å²) in [6.07, 6.45) is 4.17. The summed E-state index contributed by atoms with van der Waals surface area (Å²) in [5.41, 5.74) is 3.74. The Morgan fingerprint density at radius 1 is 1.09 bits per heavy atom. The lowest BCUT2D eigenvalue weighted by Gasteiger charge is -2.46. The number of phenolic OH excluding ortho intramolecular Hbond substituents is 1. The number of benzene rings is 2. The van der Waals surface area contributed by atoms with Crippen molar-refractivity contribution in [1.82, 2.24) is 15.2 Å². The lowest BCUT2D eigenvalue weighted by Crippen LogP contribution is -2.62. The molecule has 3 aromatic rings. The number of hydrogen-bond acceptors (Lipinski definition) is 4. The number of phenols is 1. The number of nitrogens with zero attached hydrogens (tertiary/aromatic N) is 2. The van der Waals surface area contributed by atoms with Gasteiger partial charge < -0.3 is 10.4 Å². The van der Waals surface area contributed by atoms with Crippen LogP contribution in [-0.4, -0.2) is 33.9 Å². The molecule has 3 N–H and O–H groups in total. The second kappa shape index (κ2) is 7.48. The molecule has 0 spiro atoms. The maximum absolute atomic E-state index is 13.5. The summed E-state index contributed by atoms with van der Waals surface area (Å²) in [7, 11) is 1.63. The fourth-order valence-corrected chi connectivity index (χ4v) is 4.62. The molecule has 0 radical (unpaired) electrons. The number of pyridine rings is 1. The molecule has 0 unspecified atom stereocenters. The van der Waals surface area contributed by atoms with E-state index in [1.54, 1.807) is 31.4 Å². The SMILES string of the molecule is CN1C(=N)N[C@](C)(c2ccnc(-c3cccc(O)c3)c2)[C@H](c2ccc(C3CC3)cc2)C1=O. The third-order valence-corrected chi connectivity index (χ3v) is 6.69. The van der Waals surface area contributed by atoms with Gasteiger partial charge >= 0.3 is 0 Å². The van der Waals surface area contributed by atoms with Crippen molar-refractivity contribution in [2.75, 3.05) is 7.05 Å². The molecular formula is C26H26N4O2. The lowest BCUT2D eigenvalue weighted by molar-refractivity contribution is -0.131. The molecule has 1 saturated heterocycles. The number of likely N-dealkylation sites (N-methyl/N-ethyl adjacent to an activating group) is 1. The quantitative estimate of drug-likeness (QED) is 0.579. The van der Waals surface area contributed by atoms with E-state index >= 15 is 0 Å². The number of carbonyl (C=O) groups is 1. The van der Waals surface area contributed by atoms with Crippen LogP contribution in [0.5, 0.6) is 5.75 Å². The Hall–Kier alpha value is -3.67. The molecule has 32 heavy (non-hydrogen) atoms. The Bertz CT molecular complexity index is 1200. The molecule has 2 aliphatic rings. The van der Waals surface area contributed by atoms with Crippen LogP contribution in [0.3, 0.4) is 0 Å². The van der Waals surface area contributed by atoms with E-state index in [4.69, 9.17) is 5.41 Å². The number of nitrogens with one attached hydrogen (secondary N) is 2. The fraction of sp³-hybridized carbons (Fsp3) is 0.269. The Labute approximate surface area is 187 Å². The normalized spacial score (nSPS) is 23.2. The second-order valence-corrected chi connectivity index (χ2v) is 8.93. The van der Waals surface area contributed by atoms with Crippen LogP contribution in [0.25, 0.3) is 11.3 Å². The molecule has 2 heterocycles. The van der Waals surface area contributed by atoms with Gasteiger partial charge in [-0.1, -0.05) is 36.4 Å². The van der Waals surface area contributed by atoms with Crippen LogP contribution in [0.15, 0.2) is 66.9 Å². The molecule has 5 rings (SSSR count). The number of carbonyl (C=O) groups excluding carboxylic acids is 1. The zero-order valence-corrected chi connectivity index (χ0v) is 18.2. The smallest absolute Gasteiger partial charge is 0.239 e. The number of aromatic nitrogens is 1. The van der Waals surface area contributed by atoms with Gasteiger partial charge in [0, 0.05) is 18.8 Å². The van der Waals surface area contributed by atoms with Crippen molar-refractivity contribution in [2.24, 2.45) is 0 Å². The zero-order valence-electron chi connectivity index (χ0n) is 18.2. The van der Waals surface area contributed by atoms with Crippen molar-refractivity contribution in [3.05, 3.63) is 83.6 Å². The predicted molar refractivity (Wildman–Crippen MR) is 123 cm³/mol. The average molecular weight is 427 g/mol. The lowest BCUT2D eigenvalue weighted by atomic mass is 9.73. The van der Waals surface area contributed by atoms with Crippen LogP contribution in [-0.2, 0) is 10.3 Å². The van der Waals surface area contributed by atoms with Crippen molar-refractivity contribution < 1.29 is 9.90 Å². The molecule has 1 aliphatic carbocycles. The van der Waals surface area contributed by atoms with Crippen molar-refractivity contribution in [1.29, 1.82) is 5.41 Å². The maximum atomic E-state index is 13.5. The zero-order chi connectivity index (χ0) is 22.5. The van der Waals surface area contributed by atoms with Crippen molar-refractivity contribution in [3.63, 3.8) is 0 Å². The van der Waals surface area contributed by atoms with Gasteiger partial charge in [0.25, 0.3) is 0 Å². The molecule has 6 nitrogen and oxygen atoms in total. The highest BCUT2D eigenvalue weighted by molar-refractivity contribution is 6.02. The first-order valence-corrected chi connectivity index (χ1v) is 10.9. The summed E-state index contributed by atoms with van der Waals surface area (Å²) in [6.45, 7) is 1.97. The van der Waals surface area contributed by atoms with Gasteiger partial charge in [-0.25, -0.2) is 0 Å². The van der Waals surface area contributed by atoms with E-state index in [-0.39, 0.29) is 17.6 Å². The van der Waals surface area contributed by atoms with Crippen LogP contribution >= 0.6 is 0 Å². The Kier molecular flexibility index (Phi) is 4.73. The minimum absolute atomic E-state index is 0.0686. The standard InChI is InChI=1S/C26H26N4O2/c1-26(20-12-13-28-22(15-20)19-4-3-5-21(31)14-19)23(24(32)30(2)25(27)29-26)18-10-8-17(9-11-18)16-6-7-16/h3-5,8-16,23,31H,6-7H2,1-2H3,(H2,27,29)/t23-,26-/m1/s1. The number of aromatic hydroxyl groups is 1. The highest BCUT2D eigenvalue weighted by Gasteiger charge is 2.48. The molecule has 1 aromatic heterocycles. The minimum Gasteiger partial charge on any atom is -0.508 e. The molecule has 0 bridgehead atoms. The van der Waals surface area contributed by atoms with Crippen molar-refractivity contribution in [3.8, 4) is 17.0 Å². The molecule has 1 aliphatic heterocycles. The van der Waals surface area contributed by atoms with Crippen LogP contribution in [0.2, 0.25) is 0 Å². The number of hydrogen-bond donors (Lipinski definition) is 3. The first-order valence-electron chi connectivity index (χ1n) is 10.9. The van der Waals surface area contributed by atoms with Gasteiger partial charge in [-0.2, -0.15) is 0 Å². The molecule has 1 amide bonds. The van der Waals surface area contributed by atoms with Crippen molar-refractivity contribution >= 4 is 11.9 Å². The minimum atomic E-state index is -0.837. The van der Waals surface area contributed by atoms with Gasteiger partial charge in [0.05, 0.1) is 17.2 Å². The van der Waals surface area contributed by atoms with E-state index in [9.17, 15) is 9.90 Å². The molecule has 1 saturated carbocycles. The molecule has 2 atom stereocenters. The van der Waals surface area contributed by atoms with Crippen LogP contribution in [0.4, 0.5) is 0 Å². The molecule has 6 heteroatoms. The first-order chi connectivity index (χ1) is 15.4. The van der Waals surface area contributed by atoms with Gasteiger partial charge in [0.1, 0.15) is 5.75 Å². The highest BCUT2D eigenvalue weighted by atomic mass is 16.3. The van der Waals surface area contributed by atoms with Gasteiger partial charge in [-0.05, 0) is 66.6 Å². The molecule has 162 valence electrons. The highest BCUT2D eigenvalue weighted by Crippen LogP contribution is 2.44. The average Bonchev–Trinajstić information content (AvgIpc) is 3.64. The number of guanidine groups is 1. The number of amides is 1. The Morgan fingerprint density at radius 3 is 2.50 bits per heavy atom. The van der Waals surface area contributed by atoms with E-state index < -0.39 is 11.5 Å². The second-order valence-electron chi connectivity index (χ2n) is 8.93. The van der Waals surface area contributed by atoms with Gasteiger partial charge in [-0.3, -0.25) is 20.1 Å². The monoisotopic (exact) mass is 426 g/mol. The van der Waals surface area contributed by atoms with Gasteiger partial charge in [0.15, 0.2) is 5.96 Å². The van der Waals surface area contributed by atoms with E-state index in [0.717, 1.165) is 16.7 Å². The first kappa shape index (κ1) is 20.2. The maximum Gasteiger partial charge on any atom is 0.239 e. The summed E-state index contributed by atoms with van der Waals surface area (Å²) in [4.78, 5) is 19.3. The van der Waals surface area contributed by atoms with Crippen LogP contribution in [0.1, 0.15) is 48.3 Å². The summed E-state index contributed by atoms with van der Waals surface area (Å²) in [5.74, 6) is 0.264.